The van der Waals surface area contributed by atoms with E-state index < -0.39 is 0 Å². The van der Waals surface area contributed by atoms with E-state index in [1.807, 2.05) is 18.2 Å². The van der Waals surface area contributed by atoms with Crippen molar-refractivity contribution in [3.05, 3.63) is 39.7 Å². The molecule has 6 heteroatoms. The third-order valence-electron chi connectivity index (χ3n) is 1.80. The zero-order chi connectivity index (χ0) is 11.5. The molecule has 1 aromatic heterocycles. The van der Waals surface area contributed by atoms with E-state index in [0.717, 1.165) is 8.95 Å². The van der Waals surface area contributed by atoms with Gasteiger partial charge in [-0.25, -0.2) is 4.98 Å². The van der Waals surface area contributed by atoms with Gasteiger partial charge in [0.1, 0.15) is 17.8 Å². The molecule has 4 nitrogen and oxygen atoms in total. The fourth-order valence-corrected chi connectivity index (χ4v) is 2.20. The number of benzene rings is 1. The first-order valence-corrected chi connectivity index (χ1v) is 5.94. The van der Waals surface area contributed by atoms with Crippen molar-refractivity contribution >= 4 is 37.5 Å². The second-order valence-corrected chi connectivity index (χ2v) is 4.73. The molecule has 0 fully saturated rings. The Morgan fingerprint density at radius 3 is 2.75 bits per heavy atom. The van der Waals surface area contributed by atoms with E-state index in [4.69, 9.17) is 10.5 Å². The Morgan fingerprint density at radius 2 is 2.06 bits per heavy atom. The van der Waals surface area contributed by atoms with Gasteiger partial charge in [0.25, 0.3) is 0 Å². The zero-order valence-electron chi connectivity index (χ0n) is 8.02. The Balaban J connectivity index is 2.31. The van der Waals surface area contributed by atoms with E-state index in [1.165, 1.54) is 12.5 Å². The lowest BCUT2D eigenvalue weighted by Gasteiger charge is -2.08. The molecule has 1 heterocycles. The van der Waals surface area contributed by atoms with E-state index in [2.05, 4.69) is 41.8 Å². The first-order valence-electron chi connectivity index (χ1n) is 4.35. The van der Waals surface area contributed by atoms with Gasteiger partial charge in [-0.2, -0.15) is 4.98 Å². The van der Waals surface area contributed by atoms with Gasteiger partial charge in [0, 0.05) is 4.47 Å². The maximum Gasteiger partial charge on any atom is 0.245 e. The van der Waals surface area contributed by atoms with Gasteiger partial charge in [-0.05, 0) is 34.1 Å². The molecule has 2 rings (SSSR count). The summed E-state index contributed by atoms with van der Waals surface area (Å²) in [5.41, 5.74) is 6.07. The van der Waals surface area contributed by atoms with Crippen molar-refractivity contribution in [3.63, 3.8) is 0 Å². The van der Waals surface area contributed by atoms with Gasteiger partial charge >= 0.3 is 0 Å². The second kappa shape index (κ2) is 4.80. The average Bonchev–Trinajstić information content (AvgIpc) is 2.25. The lowest BCUT2D eigenvalue weighted by molar-refractivity contribution is 0.461. The van der Waals surface area contributed by atoms with Crippen LogP contribution >= 0.6 is 31.9 Å². The first-order chi connectivity index (χ1) is 7.66. The van der Waals surface area contributed by atoms with E-state index in [9.17, 15) is 0 Å². The predicted octanol–water partition coefficient (Wildman–Crippen LogP) is 3.38. The van der Waals surface area contributed by atoms with Crippen LogP contribution in [0, 0.1) is 0 Å². The number of anilines is 1. The molecule has 0 atom stereocenters. The Kier molecular flexibility index (Phi) is 3.40. The van der Waals surface area contributed by atoms with Crippen molar-refractivity contribution in [2.75, 3.05) is 5.73 Å². The van der Waals surface area contributed by atoms with Gasteiger partial charge in [0.15, 0.2) is 0 Å². The van der Waals surface area contributed by atoms with Crippen molar-refractivity contribution in [1.82, 2.24) is 9.97 Å². The highest BCUT2D eigenvalue weighted by molar-refractivity contribution is 9.11. The van der Waals surface area contributed by atoms with Crippen molar-refractivity contribution in [1.29, 1.82) is 0 Å². The number of hydrogen-bond acceptors (Lipinski definition) is 4. The van der Waals surface area contributed by atoms with Gasteiger partial charge in [0.2, 0.25) is 5.88 Å². The molecule has 0 spiro atoms. The summed E-state index contributed by atoms with van der Waals surface area (Å²) in [5.74, 6) is 0.992. The zero-order valence-corrected chi connectivity index (χ0v) is 11.2. The summed E-state index contributed by atoms with van der Waals surface area (Å²) in [6.07, 6.45) is 2.88. The molecule has 0 aliphatic heterocycles. The topological polar surface area (TPSA) is 61.0 Å². The smallest absolute Gasteiger partial charge is 0.245 e. The standard InChI is InChI=1S/C10H7Br2N3O/c11-6-1-2-9(7(12)3-6)16-10-8(13)4-14-5-15-10/h1-5H,13H2. The Hall–Kier alpha value is -1.14. The number of nitrogen functional groups attached to an aromatic ring is 1. The summed E-state index contributed by atoms with van der Waals surface area (Å²) in [6.45, 7) is 0. The van der Waals surface area contributed by atoms with Crippen LogP contribution in [0.2, 0.25) is 0 Å². The van der Waals surface area contributed by atoms with Gasteiger partial charge < -0.3 is 10.5 Å². The molecule has 0 saturated heterocycles. The van der Waals surface area contributed by atoms with Gasteiger partial charge in [-0.3, -0.25) is 0 Å². The van der Waals surface area contributed by atoms with Crippen LogP contribution in [0.4, 0.5) is 5.69 Å². The van der Waals surface area contributed by atoms with E-state index in [0.29, 0.717) is 17.3 Å². The fourth-order valence-electron chi connectivity index (χ4n) is 1.08. The normalized spacial score (nSPS) is 10.1. The fraction of sp³-hybridized carbons (Fsp3) is 0. The molecule has 82 valence electrons. The van der Waals surface area contributed by atoms with E-state index in [-0.39, 0.29) is 0 Å². The molecular formula is C10H7Br2N3O. The maximum atomic E-state index is 5.67. The van der Waals surface area contributed by atoms with Crippen LogP contribution in [0.3, 0.4) is 0 Å². The Bertz CT molecular complexity index is 519. The highest BCUT2D eigenvalue weighted by atomic mass is 79.9. The summed E-state index contributed by atoms with van der Waals surface area (Å²) in [6, 6.07) is 5.57. The van der Waals surface area contributed by atoms with Crippen molar-refractivity contribution in [2.45, 2.75) is 0 Å². The highest BCUT2D eigenvalue weighted by Crippen LogP contribution is 2.32. The van der Waals surface area contributed by atoms with Gasteiger partial charge in [-0.1, -0.05) is 15.9 Å². The number of nitrogens with zero attached hydrogens (tertiary/aromatic N) is 2. The lowest BCUT2D eigenvalue weighted by atomic mass is 10.3. The molecule has 0 saturated carbocycles. The summed E-state index contributed by atoms with van der Waals surface area (Å²) in [4.78, 5) is 7.73. The van der Waals surface area contributed by atoms with E-state index >= 15 is 0 Å². The SMILES string of the molecule is Nc1cncnc1Oc1ccc(Br)cc1Br. The molecule has 16 heavy (non-hydrogen) atoms. The van der Waals surface area contributed by atoms with Crippen molar-refractivity contribution in [3.8, 4) is 11.6 Å². The maximum absolute atomic E-state index is 5.67. The first kappa shape index (κ1) is 11.3. The summed E-state index contributed by atoms with van der Waals surface area (Å²) >= 11 is 6.75. The van der Waals surface area contributed by atoms with Gasteiger partial charge in [-0.15, -0.1) is 0 Å². The number of ether oxygens (including phenoxy) is 1. The minimum Gasteiger partial charge on any atom is -0.436 e. The molecule has 2 N–H and O–H groups in total. The monoisotopic (exact) mass is 343 g/mol. The van der Waals surface area contributed by atoms with E-state index in [1.54, 1.807) is 0 Å². The number of halogens is 2. The van der Waals surface area contributed by atoms with Crippen LogP contribution in [0.1, 0.15) is 0 Å². The molecule has 0 aliphatic carbocycles. The predicted molar refractivity (Wildman–Crippen MR) is 68.4 cm³/mol. The minimum absolute atomic E-state index is 0.345. The number of aromatic nitrogens is 2. The molecule has 0 bridgehead atoms. The van der Waals surface area contributed by atoms with Crippen LogP contribution in [0.15, 0.2) is 39.7 Å². The number of hydrogen-bond donors (Lipinski definition) is 1. The molecule has 0 amide bonds. The molecule has 2 aromatic rings. The third-order valence-corrected chi connectivity index (χ3v) is 2.92. The third kappa shape index (κ3) is 2.51. The van der Waals surface area contributed by atoms with Crippen molar-refractivity contribution in [2.24, 2.45) is 0 Å². The van der Waals surface area contributed by atoms with Crippen LogP contribution in [0.25, 0.3) is 0 Å². The summed E-state index contributed by atoms with van der Waals surface area (Å²) < 4.78 is 7.33. The average molecular weight is 345 g/mol. The number of rotatable bonds is 2. The van der Waals surface area contributed by atoms with Crippen LogP contribution in [-0.4, -0.2) is 9.97 Å². The molecule has 0 aliphatic rings. The molecule has 0 unspecified atom stereocenters. The summed E-state index contributed by atoms with van der Waals surface area (Å²) in [5, 5.41) is 0. The Labute approximate surface area is 109 Å². The van der Waals surface area contributed by atoms with Crippen LogP contribution in [-0.2, 0) is 0 Å². The minimum atomic E-state index is 0.345. The highest BCUT2D eigenvalue weighted by Gasteiger charge is 2.06. The summed E-state index contributed by atoms with van der Waals surface area (Å²) in [7, 11) is 0. The van der Waals surface area contributed by atoms with Crippen molar-refractivity contribution < 1.29 is 4.74 Å². The number of nitrogens with two attached hydrogens (primary N) is 1. The largest absolute Gasteiger partial charge is 0.436 e. The van der Waals surface area contributed by atoms with Crippen LogP contribution < -0.4 is 10.5 Å². The molecule has 1 aromatic carbocycles. The van der Waals surface area contributed by atoms with Crippen LogP contribution in [0.5, 0.6) is 11.6 Å². The Morgan fingerprint density at radius 1 is 1.25 bits per heavy atom. The van der Waals surface area contributed by atoms with Gasteiger partial charge in [0.05, 0.1) is 10.7 Å². The quantitative estimate of drug-likeness (QED) is 0.907. The molecular weight excluding hydrogens is 338 g/mol. The molecule has 0 radical (unpaired) electrons. The lowest BCUT2D eigenvalue weighted by Crippen LogP contribution is -1.96. The second-order valence-electron chi connectivity index (χ2n) is 2.96.